The van der Waals surface area contributed by atoms with Crippen molar-refractivity contribution in [2.75, 3.05) is 23.0 Å². The molecule has 2 saturated heterocycles. The van der Waals surface area contributed by atoms with Crippen LogP contribution >= 0.6 is 58.4 Å². The minimum atomic E-state index is -1.71. The molecular weight excluding hydrogens is 961 g/mol. The quantitative estimate of drug-likeness (QED) is 0.0404. The van der Waals surface area contributed by atoms with Crippen molar-refractivity contribution >= 4 is 106 Å². The summed E-state index contributed by atoms with van der Waals surface area (Å²) in [6.45, 7) is 2.55. The van der Waals surface area contributed by atoms with E-state index in [1.807, 2.05) is 91.0 Å². The van der Waals surface area contributed by atoms with Gasteiger partial charge in [-0.1, -0.05) is 71.9 Å². The van der Waals surface area contributed by atoms with Crippen molar-refractivity contribution < 1.29 is 53.7 Å². The summed E-state index contributed by atoms with van der Waals surface area (Å²) in [5.41, 5.74) is 1.80. The van der Waals surface area contributed by atoms with Gasteiger partial charge >= 0.3 is 17.9 Å². The molecular formula is C45H42N6O11S5. The van der Waals surface area contributed by atoms with Crippen LogP contribution in [0.15, 0.2) is 139 Å². The van der Waals surface area contributed by atoms with Gasteiger partial charge in [0, 0.05) is 38.2 Å². The largest absolute Gasteiger partial charge is 0.478 e. The molecule has 67 heavy (non-hydrogen) atoms. The molecule has 22 heteroatoms. The topological polar surface area (TPSA) is 245 Å². The smallest absolute Gasteiger partial charge is 0.352 e. The van der Waals surface area contributed by atoms with Gasteiger partial charge in [-0.15, -0.1) is 58.4 Å². The maximum atomic E-state index is 13.1. The van der Waals surface area contributed by atoms with E-state index < -0.39 is 52.8 Å². The maximum Gasteiger partial charge on any atom is 0.352 e. The predicted molar refractivity (Wildman–Crippen MR) is 255 cm³/mol. The summed E-state index contributed by atoms with van der Waals surface area (Å²) in [6, 6.07) is 26.9. The van der Waals surface area contributed by atoms with Crippen LogP contribution in [0, 0.1) is 0 Å². The lowest BCUT2D eigenvalue weighted by molar-refractivity contribution is -0.161. The third-order valence-corrected chi connectivity index (χ3v) is 15.9. The molecule has 3 aromatic carbocycles. The Labute approximate surface area is 404 Å². The van der Waals surface area contributed by atoms with Crippen molar-refractivity contribution in [1.29, 1.82) is 0 Å². The van der Waals surface area contributed by atoms with Gasteiger partial charge in [-0.2, -0.15) is 0 Å². The van der Waals surface area contributed by atoms with Crippen molar-refractivity contribution in [3.8, 4) is 0 Å². The van der Waals surface area contributed by atoms with Crippen LogP contribution in [-0.4, -0.2) is 129 Å². The Morgan fingerprint density at radius 2 is 1.22 bits per heavy atom. The van der Waals surface area contributed by atoms with Crippen LogP contribution in [0.25, 0.3) is 0 Å². The number of thioether (sulfide) groups is 4. The van der Waals surface area contributed by atoms with Crippen molar-refractivity contribution in [3.05, 3.63) is 136 Å². The second-order valence-corrected chi connectivity index (χ2v) is 20.4. The monoisotopic (exact) mass is 1000 g/mol. The van der Waals surface area contributed by atoms with E-state index in [-0.39, 0.29) is 46.4 Å². The number of fused-ring (bicyclic) bond motifs is 2. The highest BCUT2D eigenvalue weighted by molar-refractivity contribution is 8.01. The number of nitrogens with zero attached hydrogens (tertiary/aromatic N) is 4. The summed E-state index contributed by atoms with van der Waals surface area (Å²) >= 11 is 7.07. The zero-order valence-electron chi connectivity index (χ0n) is 35.6. The number of nitrogens with one attached hydrogen (secondary N) is 2. The summed E-state index contributed by atoms with van der Waals surface area (Å²) < 4.78 is 0. The average molecular weight is 1000 g/mol. The van der Waals surface area contributed by atoms with Gasteiger partial charge in [0.2, 0.25) is 11.5 Å². The fraction of sp³-hybridized carbons (Fsp3) is 0.267. The van der Waals surface area contributed by atoms with E-state index >= 15 is 0 Å². The maximum absolute atomic E-state index is 13.1. The summed E-state index contributed by atoms with van der Waals surface area (Å²) in [4.78, 5) is 100. The van der Waals surface area contributed by atoms with E-state index in [0.29, 0.717) is 28.6 Å². The Kier molecular flexibility index (Phi) is 15.8. The molecule has 5 heterocycles. The van der Waals surface area contributed by atoms with Crippen molar-refractivity contribution in [1.82, 2.24) is 25.4 Å². The molecule has 0 bridgehead atoms. The number of hydrogen-bond acceptors (Lipinski definition) is 15. The number of hydrogen-bond donors (Lipinski definition) is 5. The van der Waals surface area contributed by atoms with Gasteiger partial charge in [0.05, 0.1) is 11.9 Å². The number of carboxylic acid groups (broad SMARTS) is 3. The lowest BCUT2D eigenvalue weighted by Crippen LogP contribution is -2.71. The van der Waals surface area contributed by atoms with Crippen LogP contribution in [0.3, 0.4) is 0 Å². The van der Waals surface area contributed by atoms with Crippen LogP contribution in [-0.2, 0) is 44.8 Å². The molecule has 8 rings (SSSR count). The van der Waals surface area contributed by atoms with Gasteiger partial charge in [0.25, 0.3) is 17.7 Å². The van der Waals surface area contributed by atoms with E-state index in [0.717, 1.165) is 20.9 Å². The highest BCUT2D eigenvalue weighted by Gasteiger charge is 2.55. The van der Waals surface area contributed by atoms with E-state index in [1.54, 1.807) is 11.8 Å². The number of aliphatic carboxylic acids is 3. The van der Waals surface area contributed by atoms with Crippen molar-refractivity contribution in [2.24, 2.45) is 5.16 Å². The molecule has 348 valence electrons. The molecule has 0 aliphatic carbocycles. The van der Waals surface area contributed by atoms with Crippen LogP contribution in [0.1, 0.15) is 25.1 Å². The fourth-order valence-corrected chi connectivity index (χ4v) is 12.3. The van der Waals surface area contributed by atoms with Gasteiger partial charge in [-0.3, -0.25) is 29.0 Å². The molecule has 4 aliphatic heterocycles. The van der Waals surface area contributed by atoms with Gasteiger partial charge in [0.1, 0.15) is 39.9 Å². The zero-order valence-corrected chi connectivity index (χ0v) is 39.7. The molecule has 1 aromatic heterocycles. The minimum absolute atomic E-state index is 0.0562. The first-order chi connectivity index (χ1) is 32.1. The van der Waals surface area contributed by atoms with Crippen molar-refractivity contribution in [2.45, 2.75) is 58.5 Å². The molecule has 4 amide bonds. The van der Waals surface area contributed by atoms with Gasteiger partial charge in [-0.05, 0) is 54.8 Å². The van der Waals surface area contributed by atoms with Gasteiger partial charge < -0.3 is 30.8 Å². The number of thiazole rings is 1. The second kappa shape index (κ2) is 21.7. The predicted octanol–water partition coefficient (Wildman–Crippen LogP) is 5.02. The number of benzene rings is 3. The standard InChI is InChI=1S/C23H22N4O7S3.C22H20N2O4S2/c1-23(2,22(32)33)34-26-15(14-10-35-11-24-14)18(28)25-16-19(29)27-17(21(30)31)12(9-37-20(16)27)8-36-13-6-4-3-5-7-13;25-17(11-14-7-3-1-4-8-14)23-18-20(26)24-19(22(27)28)15(13-30-21(18)24)12-29-16-9-5-2-6-10-16/h3-7,10-11,16,20H,8-9H2,1-2H3,(H,25,28)(H,30,31)(H,32,33);1-10,18,21H,11-13H2,(H,23,25)(H,27,28)/b26-15-;/t16-,20?;18-,21?/m11/s1. The van der Waals surface area contributed by atoms with Crippen LogP contribution in [0.2, 0.25) is 0 Å². The Morgan fingerprint density at radius 3 is 1.67 bits per heavy atom. The number of rotatable bonds is 17. The summed E-state index contributed by atoms with van der Waals surface area (Å²) in [7, 11) is 0. The van der Waals surface area contributed by atoms with Crippen molar-refractivity contribution in [3.63, 3.8) is 0 Å². The fourth-order valence-electron chi connectivity index (χ4n) is 6.91. The SMILES string of the molecule is CC(C)(O/N=C(\C(=O)N[C@@H]1C(=O)N2C(C(=O)O)=C(CSc3ccccc3)CSC12)c1cscn1)C(=O)O.O=C(Cc1ccccc1)N[C@@H]1C(=O)N2C(C(=O)O)=C(CSc3ccccc3)CSC12. The Balaban J connectivity index is 0.000000203. The number of carboxylic acids is 3. The number of oxime groups is 1. The number of amides is 4. The average Bonchev–Trinajstić information content (AvgIpc) is 3.86. The van der Waals surface area contributed by atoms with Crippen LogP contribution in [0.4, 0.5) is 0 Å². The molecule has 4 aliphatic rings. The minimum Gasteiger partial charge on any atom is -0.478 e. The third-order valence-electron chi connectivity index (χ3n) is 10.4. The Bertz CT molecular complexity index is 2630. The summed E-state index contributed by atoms with van der Waals surface area (Å²) in [5.74, 6) is -3.76. The normalized spacial score (nSPS) is 20.0. The molecule has 2 unspecified atom stereocenters. The lowest BCUT2D eigenvalue weighted by Gasteiger charge is -2.49. The molecule has 0 spiro atoms. The summed E-state index contributed by atoms with van der Waals surface area (Å²) in [6.07, 6.45) is 0.183. The molecule has 4 atom stereocenters. The number of carbonyl (C=O) groups excluding carboxylic acids is 4. The lowest BCUT2D eigenvalue weighted by atomic mass is 10.0. The van der Waals surface area contributed by atoms with Crippen LogP contribution in [0.5, 0.6) is 0 Å². The first kappa shape index (κ1) is 48.9. The van der Waals surface area contributed by atoms with E-state index in [1.165, 1.54) is 81.2 Å². The van der Waals surface area contributed by atoms with Gasteiger partial charge in [0.15, 0.2) is 5.71 Å². The third kappa shape index (κ3) is 11.4. The molecule has 5 N–H and O–H groups in total. The molecule has 4 aromatic rings. The number of β-lactam (4-membered cyclic amide) rings is 2. The van der Waals surface area contributed by atoms with E-state index in [4.69, 9.17) is 4.84 Å². The van der Waals surface area contributed by atoms with Crippen LogP contribution < -0.4 is 10.6 Å². The van der Waals surface area contributed by atoms with E-state index in [2.05, 4.69) is 20.8 Å². The molecule has 0 radical (unpaired) electrons. The molecule has 17 nitrogen and oxygen atoms in total. The Hall–Kier alpha value is -6.07. The molecule has 0 saturated carbocycles. The Morgan fingerprint density at radius 1 is 0.746 bits per heavy atom. The summed E-state index contributed by atoms with van der Waals surface area (Å²) in [5, 5.41) is 38.5. The number of aromatic nitrogens is 1. The van der Waals surface area contributed by atoms with E-state index in [9.17, 15) is 48.9 Å². The molecule has 2 fully saturated rings. The second-order valence-electron chi connectivity index (χ2n) is 15.4. The number of carbonyl (C=O) groups is 7. The first-order valence-corrected chi connectivity index (χ1v) is 25.3. The zero-order chi connectivity index (χ0) is 47.8. The first-order valence-electron chi connectivity index (χ1n) is 20.3. The highest BCUT2D eigenvalue weighted by Crippen LogP contribution is 2.43. The van der Waals surface area contributed by atoms with Gasteiger partial charge in [-0.25, -0.2) is 19.4 Å². The highest BCUT2D eigenvalue weighted by atomic mass is 32.2.